The molecular formula is C14H30N4OS. The van der Waals surface area contributed by atoms with Crippen LogP contribution in [-0.4, -0.2) is 79.5 Å². The maximum absolute atomic E-state index is 12.0. The Bertz CT molecular complexity index is 297. The number of thiocarbonyl (C=S) groups is 1. The topological polar surface area (TPSA) is 52.8 Å². The summed E-state index contributed by atoms with van der Waals surface area (Å²) in [4.78, 5) is 18.6. The molecule has 0 radical (unpaired) electrons. The lowest BCUT2D eigenvalue weighted by atomic mass is 10.3. The van der Waals surface area contributed by atoms with Crippen LogP contribution in [0.15, 0.2) is 0 Å². The van der Waals surface area contributed by atoms with Gasteiger partial charge in [0.2, 0.25) is 5.91 Å². The fourth-order valence-corrected chi connectivity index (χ4v) is 1.98. The molecule has 118 valence electrons. The molecule has 0 unspecified atom stereocenters. The number of carbonyl (C=O) groups is 1. The third kappa shape index (κ3) is 10.1. The summed E-state index contributed by atoms with van der Waals surface area (Å²) in [6.07, 6.45) is 2.29. The number of amides is 1. The molecule has 0 aromatic carbocycles. The van der Waals surface area contributed by atoms with E-state index >= 15 is 0 Å². The van der Waals surface area contributed by atoms with Crippen LogP contribution >= 0.6 is 12.2 Å². The van der Waals surface area contributed by atoms with Gasteiger partial charge in [-0.2, -0.15) is 0 Å². The van der Waals surface area contributed by atoms with Gasteiger partial charge in [0, 0.05) is 33.0 Å². The summed E-state index contributed by atoms with van der Waals surface area (Å²) in [5.41, 5.74) is 5.45. The molecule has 0 bridgehead atoms. The van der Waals surface area contributed by atoms with Crippen molar-refractivity contribution in [2.45, 2.75) is 26.2 Å². The van der Waals surface area contributed by atoms with Crippen molar-refractivity contribution in [3.63, 3.8) is 0 Å². The lowest BCUT2D eigenvalue weighted by molar-refractivity contribution is -0.130. The van der Waals surface area contributed by atoms with E-state index in [0.717, 1.165) is 32.6 Å². The molecule has 1 amide bonds. The molecule has 0 aliphatic carbocycles. The van der Waals surface area contributed by atoms with Crippen LogP contribution in [0.25, 0.3) is 0 Å². The van der Waals surface area contributed by atoms with Gasteiger partial charge in [0.05, 0.1) is 4.99 Å². The van der Waals surface area contributed by atoms with Crippen LogP contribution in [0.2, 0.25) is 0 Å². The van der Waals surface area contributed by atoms with E-state index in [0.29, 0.717) is 24.4 Å². The molecule has 6 heteroatoms. The fourth-order valence-electron chi connectivity index (χ4n) is 1.89. The highest BCUT2D eigenvalue weighted by molar-refractivity contribution is 7.80. The van der Waals surface area contributed by atoms with E-state index in [1.54, 1.807) is 4.90 Å². The molecule has 5 nitrogen and oxygen atoms in total. The number of nitrogens with two attached hydrogens (primary N) is 1. The van der Waals surface area contributed by atoms with Gasteiger partial charge in [-0.3, -0.25) is 4.79 Å². The molecule has 2 N–H and O–H groups in total. The van der Waals surface area contributed by atoms with E-state index in [1.807, 2.05) is 7.05 Å². The molecular weight excluding hydrogens is 272 g/mol. The number of nitrogens with zero attached hydrogens (tertiary/aromatic N) is 3. The third-order valence-electron chi connectivity index (χ3n) is 3.29. The quantitative estimate of drug-likeness (QED) is 0.572. The summed E-state index contributed by atoms with van der Waals surface area (Å²) in [6.45, 7) is 6.67. The predicted molar refractivity (Wildman–Crippen MR) is 88.9 cm³/mol. The first kappa shape index (κ1) is 19.3. The van der Waals surface area contributed by atoms with Gasteiger partial charge >= 0.3 is 0 Å². The smallest absolute Gasteiger partial charge is 0.223 e. The van der Waals surface area contributed by atoms with Crippen LogP contribution in [0.5, 0.6) is 0 Å². The molecule has 0 rings (SSSR count). The van der Waals surface area contributed by atoms with Crippen molar-refractivity contribution in [3.05, 3.63) is 0 Å². The highest BCUT2D eigenvalue weighted by Crippen LogP contribution is 1.99. The van der Waals surface area contributed by atoms with Gasteiger partial charge in [0.15, 0.2) is 0 Å². The van der Waals surface area contributed by atoms with Crippen molar-refractivity contribution < 1.29 is 4.79 Å². The molecule has 0 aromatic rings. The Kier molecular flexibility index (Phi) is 10.6. The molecule has 0 spiro atoms. The van der Waals surface area contributed by atoms with Crippen molar-refractivity contribution >= 4 is 23.1 Å². The lowest BCUT2D eigenvalue weighted by Gasteiger charge is -2.23. The van der Waals surface area contributed by atoms with Crippen LogP contribution in [0.3, 0.4) is 0 Å². The number of carbonyl (C=O) groups excluding carboxylic acids is 1. The molecule has 0 aliphatic rings. The van der Waals surface area contributed by atoms with Crippen molar-refractivity contribution in [2.75, 3.05) is 53.9 Å². The molecule has 0 aliphatic heterocycles. The predicted octanol–water partition coefficient (Wildman–Crippen LogP) is 0.785. The van der Waals surface area contributed by atoms with Gasteiger partial charge < -0.3 is 20.4 Å². The monoisotopic (exact) mass is 302 g/mol. The Labute approximate surface area is 129 Å². The zero-order valence-corrected chi connectivity index (χ0v) is 14.2. The van der Waals surface area contributed by atoms with Crippen LogP contribution < -0.4 is 5.73 Å². The Morgan fingerprint density at radius 3 is 2.20 bits per heavy atom. The van der Waals surface area contributed by atoms with Crippen LogP contribution in [0.4, 0.5) is 0 Å². The maximum atomic E-state index is 12.0. The highest BCUT2D eigenvalue weighted by atomic mass is 32.1. The number of hydrogen-bond acceptors (Lipinski definition) is 4. The van der Waals surface area contributed by atoms with Crippen molar-refractivity contribution in [2.24, 2.45) is 5.73 Å². The molecule has 0 heterocycles. The summed E-state index contributed by atoms with van der Waals surface area (Å²) in [5.74, 6) is 0.160. The van der Waals surface area contributed by atoms with E-state index in [9.17, 15) is 4.79 Å². The van der Waals surface area contributed by atoms with Gasteiger partial charge in [-0.1, -0.05) is 19.1 Å². The Morgan fingerprint density at radius 1 is 1.05 bits per heavy atom. The first-order valence-corrected chi connectivity index (χ1v) is 7.67. The SMILES string of the molecule is CCN(CCCN(C)C)CCC(=O)N(C)CCC(N)=S. The minimum atomic E-state index is 0.160. The fraction of sp³-hybridized carbons (Fsp3) is 0.857. The van der Waals surface area contributed by atoms with Crippen LogP contribution in [-0.2, 0) is 4.79 Å². The minimum absolute atomic E-state index is 0.160. The first-order valence-electron chi connectivity index (χ1n) is 7.26. The second-order valence-electron chi connectivity index (χ2n) is 5.37. The Balaban J connectivity index is 3.91. The van der Waals surface area contributed by atoms with Gasteiger partial charge in [-0.05, 0) is 40.2 Å². The zero-order chi connectivity index (χ0) is 15.5. The van der Waals surface area contributed by atoms with Gasteiger partial charge in [-0.15, -0.1) is 0 Å². The summed E-state index contributed by atoms with van der Waals surface area (Å²) >= 11 is 4.82. The number of rotatable bonds is 11. The minimum Gasteiger partial charge on any atom is -0.393 e. The lowest BCUT2D eigenvalue weighted by Crippen LogP contribution is -2.34. The van der Waals surface area contributed by atoms with Crippen molar-refractivity contribution in [3.8, 4) is 0 Å². The summed E-state index contributed by atoms with van der Waals surface area (Å²) in [6, 6.07) is 0. The van der Waals surface area contributed by atoms with E-state index in [4.69, 9.17) is 18.0 Å². The molecule has 0 atom stereocenters. The van der Waals surface area contributed by atoms with E-state index in [1.165, 1.54) is 0 Å². The molecule has 20 heavy (non-hydrogen) atoms. The van der Waals surface area contributed by atoms with E-state index < -0.39 is 0 Å². The average Bonchev–Trinajstić information content (AvgIpc) is 2.38. The second-order valence-corrected chi connectivity index (χ2v) is 5.90. The van der Waals surface area contributed by atoms with Crippen LogP contribution in [0, 0.1) is 0 Å². The maximum Gasteiger partial charge on any atom is 0.223 e. The Morgan fingerprint density at radius 2 is 1.70 bits per heavy atom. The standard InChI is InChI=1S/C14H30N4OS/c1-5-18(10-6-9-16(2)3)12-8-14(19)17(4)11-7-13(15)20/h5-12H2,1-4H3,(H2,15,20). The van der Waals surface area contributed by atoms with Crippen molar-refractivity contribution in [1.29, 1.82) is 0 Å². The summed E-state index contributed by atoms with van der Waals surface area (Å²) in [5, 5.41) is 0. The number of hydrogen-bond donors (Lipinski definition) is 1. The van der Waals surface area contributed by atoms with Gasteiger partial charge in [-0.25, -0.2) is 0 Å². The summed E-state index contributed by atoms with van der Waals surface area (Å²) < 4.78 is 0. The molecule has 0 saturated heterocycles. The molecule has 0 aromatic heterocycles. The second kappa shape index (κ2) is 11.0. The van der Waals surface area contributed by atoms with E-state index in [2.05, 4.69) is 30.8 Å². The molecule has 0 fully saturated rings. The summed E-state index contributed by atoms with van der Waals surface area (Å²) in [7, 11) is 5.97. The average molecular weight is 302 g/mol. The molecule has 0 saturated carbocycles. The third-order valence-corrected chi connectivity index (χ3v) is 3.49. The van der Waals surface area contributed by atoms with Crippen molar-refractivity contribution in [1.82, 2.24) is 14.7 Å². The zero-order valence-electron chi connectivity index (χ0n) is 13.4. The Hall–Kier alpha value is -0.720. The van der Waals surface area contributed by atoms with E-state index in [-0.39, 0.29) is 5.91 Å². The van der Waals surface area contributed by atoms with Crippen LogP contribution in [0.1, 0.15) is 26.2 Å². The first-order chi connectivity index (χ1) is 9.36. The normalized spacial score (nSPS) is 11.1. The van der Waals surface area contributed by atoms with Gasteiger partial charge in [0.25, 0.3) is 0 Å². The highest BCUT2D eigenvalue weighted by Gasteiger charge is 2.11. The van der Waals surface area contributed by atoms with Gasteiger partial charge in [0.1, 0.15) is 0 Å². The largest absolute Gasteiger partial charge is 0.393 e.